The van der Waals surface area contributed by atoms with E-state index in [1.54, 1.807) is 0 Å². The molecule has 1 aliphatic rings. The molecule has 3 atom stereocenters. The number of ether oxygens (including phenoxy) is 1. The van der Waals surface area contributed by atoms with Gasteiger partial charge in [0, 0.05) is 19.6 Å². The molecule has 0 radical (unpaired) electrons. The number of para-hydroxylation sites is 1. The van der Waals surface area contributed by atoms with Crippen LogP contribution in [0.3, 0.4) is 0 Å². The van der Waals surface area contributed by atoms with Crippen LogP contribution in [-0.2, 0) is 6.42 Å². The average molecular weight is 329 g/mol. The third kappa shape index (κ3) is 4.33. The lowest BCUT2D eigenvalue weighted by Gasteiger charge is -2.36. The molecule has 1 fully saturated rings. The minimum Gasteiger partial charge on any atom is -0.457 e. The molecule has 2 aromatic carbocycles. The number of nitrogens with zero attached hydrogens (tertiary/aromatic N) is 1. The second-order valence-electron chi connectivity index (χ2n) is 6.19. The lowest BCUT2D eigenvalue weighted by atomic mass is 10.0. The normalized spacial score (nSPS) is 24.7. The standard InChI is InChI=1S/C19H23NO4/c21-17-12-20(13-18(22)19(17)23)11-10-14-6-8-16(9-7-14)24-15-4-2-1-3-5-15/h1-9,17-19,21-23H,10-13H2/t17-,18+,19?. The first-order valence-corrected chi connectivity index (χ1v) is 8.20. The van der Waals surface area contributed by atoms with Crippen LogP contribution in [0.15, 0.2) is 54.6 Å². The highest BCUT2D eigenvalue weighted by Crippen LogP contribution is 2.21. The number of hydrogen-bond acceptors (Lipinski definition) is 5. The van der Waals surface area contributed by atoms with Crippen LogP contribution in [0.2, 0.25) is 0 Å². The van der Waals surface area contributed by atoms with Gasteiger partial charge in [-0.2, -0.15) is 0 Å². The van der Waals surface area contributed by atoms with Crippen molar-refractivity contribution in [1.82, 2.24) is 4.90 Å². The van der Waals surface area contributed by atoms with E-state index in [0.29, 0.717) is 13.1 Å². The molecule has 24 heavy (non-hydrogen) atoms. The number of likely N-dealkylation sites (tertiary alicyclic amines) is 1. The van der Waals surface area contributed by atoms with E-state index in [-0.39, 0.29) is 0 Å². The highest BCUT2D eigenvalue weighted by atomic mass is 16.5. The molecule has 0 spiro atoms. The average Bonchev–Trinajstić information content (AvgIpc) is 2.60. The molecule has 0 amide bonds. The van der Waals surface area contributed by atoms with Gasteiger partial charge in [-0.25, -0.2) is 0 Å². The van der Waals surface area contributed by atoms with Gasteiger partial charge in [0.1, 0.15) is 17.6 Å². The van der Waals surface area contributed by atoms with Crippen LogP contribution in [0.4, 0.5) is 0 Å². The second-order valence-corrected chi connectivity index (χ2v) is 6.19. The Morgan fingerprint density at radius 2 is 1.42 bits per heavy atom. The summed E-state index contributed by atoms with van der Waals surface area (Å²) in [6, 6.07) is 17.5. The van der Waals surface area contributed by atoms with Gasteiger partial charge in [-0.05, 0) is 36.2 Å². The van der Waals surface area contributed by atoms with Crippen LogP contribution in [0, 0.1) is 0 Å². The van der Waals surface area contributed by atoms with Crippen LogP contribution in [0.1, 0.15) is 5.56 Å². The third-order valence-corrected chi connectivity index (χ3v) is 4.30. The molecule has 0 aromatic heterocycles. The maximum atomic E-state index is 9.72. The molecule has 1 unspecified atom stereocenters. The fraction of sp³-hybridized carbons (Fsp3) is 0.368. The molecular formula is C19H23NO4. The molecule has 5 nitrogen and oxygen atoms in total. The van der Waals surface area contributed by atoms with Gasteiger partial charge in [-0.1, -0.05) is 30.3 Å². The Morgan fingerprint density at radius 1 is 0.833 bits per heavy atom. The van der Waals surface area contributed by atoms with Gasteiger partial charge in [-0.3, -0.25) is 4.90 Å². The number of benzene rings is 2. The Bertz CT molecular complexity index is 620. The first-order valence-electron chi connectivity index (χ1n) is 8.20. The first kappa shape index (κ1) is 16.9. The van der Waals surface area contributed by atoms with E-state index >= 15 is 0 Å². The number of piperidine rings is 1. The first-order chi connectivity index (χ1) is 11.6. The summed E-state index contributed by atoms with van der Waals surface area (Å²) in [7, 11) is 0. The van der Waals surface area contributed by atoms with Gasteiger partial charge in [0.15, 0.2) is 0 Å². The van der Waals surface area contributed by atoms with Gasteiger partial charge >= 0.3 is 0 Å². The fourth-order valence-corrected chi connectivity index (χ4v) is 2.89. The van der Waals surface area contributed by atoms with Crippen molar-refractivity contribution in [3.05, 3.63) is 60.2 Å². The van der Waals surface area contributed by atoms with Crippen LogP contribution in [0.5, 0.6) is 11.5 Å². The Kier molecular flexibility index (Phi) is 5.48. The largest absolute Gasteiger partial charge is 0.457 e. The van der Waals surface area contributed by atoms with Crippen molar-refractivity contribution in [3.8, 4) is 11.5 Å². The second kappa shape index (κ2) is 7.77. The third-order valence-electron chi connectivity index (χ3n) is 4.30. The molecule has 5 heteroatoms. The lowest BCUT2D eigenvalue weighted by molar-refractivity contribution is -0.109. The summed E-state index contributed by atoms with van der Waals surface area (Å²) in [6.45, 7) is 1.49. The topological polar surface area (TPSA) is 73.2 Å². The van der Waals surface area contributed by atoms with Crippen LogP contribution in [0.25, 0.3) is 0 Å². The Morgan fingerprint density at radius 3 is 2.04 bits per heavy atom. The van der Waals surface area contributed by atoms with E-state index in [1.165, 1.54) is 0 Å². The number of hydrogen-bond donors (Lipinski definition) is 3. The highest BCUT2D eigenvalue weighted by molar-refractivity contribution is 5.33. The van der Waals surface area contributed by atoms with Crippen molar-refractivity contribution in [2.75, 3.05) is 19.6 Å². The molecular weight excluding hydrogens is 306 g/mol. The summed E-state index contributed by atoms with van der Waals surface area (Å²) in [5.74, 6) is 1.59. The van der Waals surface area contributed by atoms with E-state index in [2.05, 4.69) is 0 Å². The SMILES string of the molecule is OC1[C@H](O)CN(CCc2ccc(Oc3ccccc3)cc2)C[C@@H]1O. The van der Waals surface area contributed by atoms with E-state index in [0.717, 1.165) is 30.0 Å². The zero-order valence-corrected chi connectivity index (χ0v) is 13.5. The molecule has 3 rings (SSSR count). The van der Waals surface area contributed by atoms with Crippen LogP contribution in [-0.4, -0.2) is 58.2 Å². The monoisotopic (exact) mass is 329 g/mol. The molecule has 2 aromatic rings. The Hall–Kier alpha value is -1.92. The van der Waals surface area contributed by atoms with Crippen LogP contribution < -0.4 is 4.74 Å². The van der Waals surface area contributed by atoms with Crippen molar-refractivity contribution >= 4 is 0 Å². The van der Waals surface area contributed by atoms with Crippen molar-refractivity contribution < 1.29 is 20.1 Å². The molecule has 0 saturated carbocycles. The van der Waals surface area contributed by atoms with Gasteiger partial charge in [0.2, 0.25) is 0 Å². The summed E-state index contributed by atoms with van der Waals surface area (Å²) in [5.41, 5.74) is 1.16. The van der Waals surface area contributed by atoms with Gasteiger partial charge in [0.25, 0.3) is 0 Å². The smallest absolute Gasteiger partial charge is 0.127 e. The zero-order chi connectivity index (χ0) is 16.9. The maximum absolute atomic E-state index is 9.72. The van der Waals surface area contributed by atoms with Crippen LogP contribution >= 0.6 is 0 Å². The number of β-amino-alcohol motifs (C(OH)–C–C–N with tert-alkyl or cyclic N) is 2. The van der Waals surface area contributed by atoms with Gasteiger partial charge < -0.3 is 20.1 Å². The highest BCUT2D eigenvalue weighted by Gasteiger charge is 2.32. The van der Waals surface area contributed by atoms with Crippen molar-refractivity contribution in [2.45, 2.75) is 24.7 Å². The van der Waals surface area contributed by atoms with Crippen molar-refractivity contribution in [1.29, 1.82) is 0 Å². The minimum absolute atomic E-state index is 0.382. The molecule has 0 bridgehead atoms. The number of aliphatic hydroxyl groups excluding tert-OH is 3. The molecule has 128 valence electrons. The molecule has 0 aliphatic carbocycles. The summed E-state index contributed by atoms with van der Waals surface area (Å²) in [5, 5.41) is 29.0. The Labute approximate surface area is 141 Å². The summed E-state index contributed by atoms with van der Waals surface area (Å²) in [4.78, 5) is 1.97. The predicted molar refractivity (Wildman–Crippen MR) is 91.1 cm³/mol. The van der Waals surface area contributed by atoms with E-state index in [1.807, 2.05) is 59.5 Å². The fourth-order valence-electron chi connectivity index (χ4n) is 2.89. The number of rotatable bonds is 5. The zero-order valence-electron chi connectivity index (χ0n) is 13.5. The molecule has 1 aliphatic heterocycles. The Balaban J connectivity index is 1.51. The molecule has 3 N–H and O–H groups in total. The summed E-state index contributed by atoms with van der Waals surface area (Å²) < 4.78 is 5.76. The quantitative estimate of drug-likeness (QED) is 0.774. The molecule has 1 heterocycles. The van der Waals surface area contributed by atoms with E-state index in [9.17, 15) is 15.3 Å². The lowest BCUT2D eigenvalue weighted by Crippen LogP contribution is -2.55. The number of aliphatic hydroxyl groups is 3. The van der Waals surface area contributed by atoms with Crippen molar-refractivity contribution in [2.24, 2.45) is 0 Å². The van der Waals surface area contributed by atoms with E-state index < -0.39 is 18.3 Å². The molecule has 1 saturated heterocycles. The van der Waals surface area contributed by atoms with Crippen molar-refractivity contribution in [3.63, 3.8) is 0 Å². The minimum atomic E-state index is -1.05. The maximum Gasteiger partial charge on any atom is 0.127 e. The predicted octanol–water partition coefficient (Wildman–Crippen LogP) is 1.42. The summed E-state index contributed by atoms with van der Waals surface area (Å²) >= 11 is 0. The van der Waals surface area contributed by atoms with E-state index in [4.69, 9.17) is 4.74 Å². The summed E-state index contributed by atoms with van der Waals surface area (Å²) in [6.07, 6.45) is -2.03. The van der Waals surface area contributed by atoms with Gasteiger partial charge in [-0.15, -0.1) is 0 Å². The van der Waals surface area contributed by atoms with Gasteiger partial charge in [0.05, 0.1) is 12.2 Å².